The lowest BCUT2D eigenvalue weighted by Crippen LogP contribution is -2.02. The molecule has 2 aromatic rings. The van der Waals surface area contributed by atoms with Gasteiger partial charge in [0.1, 0.15) is 5.75 Å². The van der Waals surface area contributed by atoms with Crippen LogP contribution >= 0.6 is 0 Å². The predicted molar refractivity (Wildman–Crippen MR) is 82.1 cm³/mol. The van der Waals surface area contributed by atoms with Gasteiger partial charge in [0, 0.05) is 6.20 Å². The third-order valence-electron chi connectivity index (χ3n) is 3.01. The van der Waals surface area contributed by atoms with Crippen molar-refractivity contribution in [3.05, 3.63) is 59.4 Å². The quantitative estimate of drug-likeness (QED) is 0.854. The van der Waals surface area contributed by atoms with E-state index < -0.39 is 5.97 Å². The van der Waals surface area contributed by atoms with E-state index in [1.54, 1.807) is 36.5 Å². The average molecular weight is 283 g/mol. The van der Waals surface area contributed by atoms with Crippen LogP contribution < -0.4 is 4.74 Å². The van der Waals surface area contributed by atoms with E-state index >= 15 is 0 Å². The maximum Gasteiger partial charge on any atom is 0.336 e. The first kappa shape index (κ1) is 14.8. The van der Waals surface area contributed by atoms with E-state index in [0.29, 0.717) is 17.9 Å². The summed E-state index contributed by atoms with van der Waals surface area (Å²) in [6.45, 7) is 4.36. The van der Waals surface area contributed by atoms with Gasteiger partial charge in [0.25, 0.3) is 0 Å². The highest BCUT2D eigenvalue weighted by Crippen LogP contribution is 2.25. The van der Waals surface area contributed by atoms with E-state index in [1.807, 2.05) is 26.0 Å². The van der Waals surface area contributed by atoms with Crippen molar-refractivity contribution in [3.63, 3.8) is 0 Å². The molecular formula is C17H17NO3. The van der Waals surface area contributed by atoms with Gasteiger partial charge in [-0.2, -0.15) is 0 Å². The minimum atomic E-state index is -0.979. The zero-order chi connectivity index (χ0) is 15.2. The highest BCUT2D eigenvalue weighted by atomic mass is 16.5. The van der Waals surface area contributed by atoms with Crippen LogP contribution in [0.25, 0.3) is 11.6 Å². The Morgan fingerprint density at radius 2 is 2.14 bits per heavy atom. The summed E-state index contributed by atoms with van der Waals surface area (Å²) in [5.74, 6) is -0.241. The first-order valence-electron chi connectivity index (χ1n) is 6.71. The molecule has 4 nitrogen and oxygen atoms in total. The van der Waals surface area contributed by atoms with E-state index in [0.717, 1.165) is 11.3 Å². The largest absolute Gasteiger partial charge is 0.494 e. The molecule has 1 aromatic heterocycles. The fourth-order valence-electron chi connectivity index (χ4n) is 2.06. The number of rotatable bonds is 5. The number of aryl methyl sites for hydroxylation is 1. The first-order valence-corrected chi connectivity index (χ1v) is 6.71. The van der Waals surface area contributed by atoms with Crippen LogP contribution in [0, 0.1) is 6.92 Å². The monoisotopic (exact) mass is 283 g/mol. The van der Waals surface area contributed by atoms with Crippen molar-refractivity contribution < 1.29 is 14.6 Å². The zero-order valence-electron chi connectivity index (χ0n) is 12.0. The molecule has 4 heteroatoms. The number of pyridine rings is 1. The van der Waals surface area contributed by atoms with E-state index in [9.17, 15) is 9.90 Å². The SMILES string of the molecule is CCOc1ccc(/C(=C/c2ccccn2)C(=O)O)c(C)c1. The number of benzene rings is 1. The number of ether oxygens (including phenoxy) is 1. The molecule has 0 atom stereocenters. The summed E-state index contributed by atoms with van der Waals surface area (Å²) in [7, 11) is 0. The Labute approximate surface area is 123 Å². The second-order valence-corrected chi connectivity index (χ2v) is 4.53. The summed E-state index contributed by atoms with van der Waals surface area (Å²) in [4.78, 5) is 15.7. The molecule has 21 heavy (non-hydrogen) atoms. The summed E-state index contributed by atoms with van der Waals surface area (Å²) in [6, 6.07) is 10.8. The molecule has 0 saturated carbocycles. The fraction of sp³-hybridized carbons (Fsp3) is 0.176. The van der Waals surface area contributed by atoms with Gasteiger partial charge < -0.3 is 9.84 Å². The lowest BCUT2D eigenvalue weighted by atomic mass is 9.99. The van der Waals surface area contributed by atoms with Crippen LogP contribution in [-0.2, 0) is 4.79 Å². The fourth-order valence-corrected chi connectivity index (χ4v) is 2.06. The van der Waals surface area contributed by atoms with Crippen LogP contribution in [0.2, 0.25) is 0 Å². The van der Waals surface area contributed by atoms with E-state index in [1.165, 1.54) is 0 Å². The smallest absolute Gasteiger partial charge is 0.336 e. The second-order valence-electron chi connectivity index (χ2n) is 4.53. The van der Waals surface area contributed by atoms with Gasteiger partial charge in [-0.1, -0.05) is 12.1 Å². The van der Waals surface area contributed by atoms with Crippen molar-refractivity contribution in [1.82, 2.24) is 4.98 Å². The van der Waals surface area contributed by atoms with Crippen LogP contribution in [0.15, 0.2) is 42.6 Å². The Bertz CT molecular complexity index is 663. The summed E-state index contributed by atoms with van der Waals surface area (Å²) >= 11 is 0. The van der Waals surface area contributed by atoms with Crippen LogP contribution in [-0.4, -0.2) is 22.7 Å². The molecule has 0 fully saturated rings. The molecule has 0 spiro atoms. The van der Waals surface area contributed by atoms with Gasteiger partial charge in [0.05, 0.1) is 17.9 Å². The average Bonchev–Trinajstić information content (AvgIpc) is 2.47. The minimum absolute atomic E-state index is 0.217. The molecule has 1 heterocycles. The van der Waals surface area contributed by atoms with Crippen LogP contribution in [0.5, 0.6) is 5.75 Å². The van der Waals surface area contributed by atoms with Gasteiger partial charge >= 0.3 is 5.97 Å². The predicted octanol–water partition coefficient (Wildman–Crippen LogP) is 3.41. The number of aromatic nitrogens is 1. The molecule has 2 rings (SSSR count). The number of carbonyl (C=O) groups is 1. The Balaban J connectivity index is 2.44. The summed E-state index contributed by atoms with van der Waals surface area (Å²) in [5.41, 5.74) is 2.35. The third-order valence-corrected chi connectivity index (χ3v) is 3.01. The van der Waals surface area contributed by atoms with Crippen molar-refractivity contribution in [2.75, 3.05) is 6.61 Å². The molecule has 0 radical (unpaired) electrons. The molecule has 108 valence electrons. The van der Waals surface area contributed by atoms with Crippen molar-refractivity contribution in [2.45, 2.75) is 13.8 Å². The molecule has 0 aliphatic rings. The lowest BCUT2D eigenvalue weighted by molar-refractivity contribution is -0.130. The third kappa shape index (κ3) is 3.69. The molecular weight excluding hydrogens is 266 g/mol. The molecule has 0 amide bonds. The van der Waals surface area contributed by atoms with Gasteiger partial charge in [-0.3, -0.25) is 4.98 Å². The first-order chi connectivity index (χ1) is 10.1. The Morgan fingerprint density at radius 3 is 2.71 bits per heavy atom. The molecule has 0 aliphatic heterocycles. The van der Waals surface area contributed by atoms with Gasteiger partial charge in [-0.05, 0) is 55.3 Å². The van der Waals surface area contributed by atoms with E-state index in [-0.39, 0.29) is 5.57 Å². The lowest BCUT2D eigenvalue weighted by Gasteiger charge is -2.10. The zero-order valence-corrected chi connectivity index (χ0v) is 12.0. The summed E-state index contributed by atoms with van der Waals surface area (Å²) in [5, 5.41) is 9.46. The van der Waals surface area contributed by atoms with Gasteiger partial charge in [0.2, 0.25) is 0 Å². The number of carboxylic acid groups (broad SMARTS) is 1. The van der Waals surface area contributed by atoms with Gasteiger partial charge in [0.15, 0.2) is 0 Å². The van der Waals surface area contributed by atoms with Crippen molar-refractivity contribution in [1.29, 1.82) is 0 Å². The number of aliphatic carboxylic acids is 1. The van der Waals surface area contributed by atoms with Crippen LogP contribution in [0.3, 0.4) is 0 Å². The minimum Gasteiger partial charge on any atom is -0.494 e. The Kier molecular flexibility index (Phi) is 4.72. The van der Waals surface area contributed by atoms with Crippen molar-refractivity contribution in [2.24, 2.45) is 0 Å². The highest BCUT2D eigenvalue weighted by molar-refractivity contribution is 6.20. The highest BCUT2D eigenvalue weighted by Gasteiger charge is 2.14. The number of hydrogen-bond donors (Lipinski definition) is 1. The summed E-state index contributed by atoms with van der Waals surface area (Å²) < 4.78 is 5.42. The van der Waals surface area contributed by atoms with E-state index in [4.69, 9.17) is 4.74 Å². The van der Waals surface area contributed by atoms with Crippen LogP contribution in [0.4, 0.5) is 0 Å². The van der Waals surface area contributed by atoms with Crippen molar-refractivity contribution >= 4 is 17.6 Å². The molecule has 0 unspecified atom stereocenters. The van der Waals surface area contributed by atoms with E-state index in [2.05, 4.69) is 4.98 Å². The second kappa shape index (κ2) is 6.70. The van der Waals surface area contributed by atoms with Gasteiger partial charge in [-0.25, -0.2) is 4.79 Å². The number of carboxylic acids is 1. The normalized spacial score (nSPS) is 11.2. The summed E-state index contributed by atoms with van der Waals surface area (Å²) in [6.07, 6.45) is 3.21. The number of hydrogen-bond acceptors (Lipinski definition) is 3. The Hall–Kier alpha value is -2.62. The molecule has 1 N–H and O–H groups in total. The van der Waals surface area contributed by atoms with Crippen LogP contribution in [0.1, 0.15) is 23.7 Å². The van der Waals surface area contributed by atoms with Gasteiger partial charge in [-0.15, -0.1) is 0 Å². The number of nitrogens with zero attached hydrogens (tertiary/aromatic N) is 1. The molecule has 1 aromatic carbocycles. The topological polar surface area (TPSA) is 59.4 Å². The maximum absolute atomic E-state index is 11.5. The van der Waals surface area contributed by atoms with Crippen molar-refractivity contribution in [3.8, 4) is 5.75 Å². The Morgan fingerprint density at radius 1 is 1.33 bits per heavy atom. The standard InChI is InChI=1S/C17H17NO3/c1-3-21-14-7-8-15(12(2)10-14)16(17(19)20)11-13-6-4-5-9-18-13/h4-11H,3H2,1-2H3,(H,19,20)/b16-11-. The molecule has 0 bridgehead atoms. The maximum atomic E-state index is 11.5. The molecule has 0 aliphatic carbocycles. The molecule has 0 saturated heterocycles.